The van der Waals surface area contributed by atoms with Gasteiger partial charge in [0.25, 0.3) is 5.91 Å². The Labute approximate surface area is 163 Å². The summed E-state index contributed by atoms with van der Waals surface area (Å²) in [5, 5.41) is 9.44. The Kier molecular flexibility index (Phi) is 4.92. The van der Waals surface area contributed by atoms with E-state index in [0.717, 1.165) is 18.8 Å². The lowest BCUT2D eigenvalue weighted by Crippen LogP contribution is -2.52. The molecule has 7 heteroatoms. The Hall–Kier alpha value is -3.06. The molecule has 2 aliphatic heterocycles. The van der Waals surface area contributed by atoms with E-state index in [0.29, 0.717) is 24.5 Å². The molecule has 2 amide bonds. The number of anilines is 2. The van der Waals surface area contributed by atoms with Crippen LogP contribution < -0.4 is 14.5 Å². The van der Waals surface area contributed by atoms with Crippen LogP contribution in [0.15, 0.2) is 48.5 Å². The number of carbonyl (C=O) groups excluding carboxylic acids is 2. The van der Waals surface area contributed by atoms with Gasteiger partial charge in [0.05, 0.1) is 25.3 Å². The molecule has 2 saturated heterocycles. The molecule has 0 aromatic heterocycles. The Bertz CT molecular complexity index is 875. The minimum atomic E-state index is -0.431. The summed E-state index contributed by atoms with van der Waals surface area (Å²) in [6, 6.07) is 13.8. The van der Waals surface area contributed by atoms with Crippen molar-refractivity contribution in [2.24, 2.45) is 0 Å². The van der Waals surface area contributed by atoms with Gasteiger partial charge < -0.3 is 14.7 Å². The maximum Gasteiger partial charge on any atom is 0.251 e. The van der Waals surface area contributed by atoms with Crippen molar-refractivity contribution in [2.45, 2.75) is 12.5 Å². The first kappa shape index (κ1) is 18.3. The first-order valence-corrected chi connectivity index (χ1v) is 9.36. The molecule has 2 heterocycles. The molecular weight excluding hydrogens is 358 g/mol. The number of carbonyl (C=O) groups is 2. The average molecular weight is 381 g/mol. The number of piperazine rings is 1. The van der Waals surface area contributed by atoms with Crippen molar-refractivity contribution >= 4 is 23.2 Å². The highest BCUT2D eigenvalue weighted by Gasteiger charge is 2.44. The normalized spacial score (nSPS) is 20.7. The van der Waals surface area contributed by atoms with Crippen molar-refractivity contribution in [3.63, 3.8) is 0 Å². The summed E-state index contributed by atoms with van der Waals surface area (Å²) in [5.74, 6) is 0.379. The molecule has 28 heavy (non-hydrogen) atoms. The summed E-state index contributed by atoms with van der Waals surface area (Å²) in [5.41, 5.74) is 1.55. The smallest absolute Gasteiger partial charge is 0.251 e. The number of hydrogen-bond donors (Lipinski definition) is 1. The van der Waals surface area contributed by atoms with Crippen LogP contribution in [0.25, 0.3) is 0 Å². The lowest BCUT2D eigenvalue weighted by molar-refractivity contribution is -0.123. The van der Waals surface area contributed by atoms with Crippen LogP contribution in [-0.4, -0.2) is 61.2 Å². The van der Waals surface area contributed by atoms with Crippen molar-refractivity contribution in [1.82, 2.24) is 4.90 Å². The van der Waals surface area contributed by atoms with Crippen LogP contribution in [0, 0.1) is 0 Å². The Morgan fingerprint density at radius 2 is 1.64 bits per heavy atom. The minimum Gasteiger partial charge on any atom is -0.508 e. The maximum absolute atomic E-state index is 13.0. The van der Waals surface area contributed by atoms with E-state index in [-0.39, 0.29) is 24.0 Å². The molecule has 1 atom stereocenters. The Balaban J connectivity index is 1.45. The molecule has 0 spiro atoms. The number of benzene rings is 2. The van der Waals surface area contributed by atoms with E-state index >= 15 is 0 Å². The Morgan fingerprint density at radius 3 is 2.32 bits per heavy atom. The van der Waals surface area contributed by atoms with Gasteiger partial charge in [-0.1, -0.05) is 12.1 Å². The van der Waals surface area contributed by atoms with E-state index in [9.17, 15) is 14.7 Å². The number of nitrogens with zero attached hydrogens (tertiary/aromatic N) is 3. The summed E-state index contributed by atoms with van der Waals surface area (Å²) in [6.07, 6.45) is 0.191. The van der Waals surface area contributed by atoms with Crippen LogP contribution in [0.1, 0.15) is 6.42 Å². The molecular formula is C21H23N3O4. The minimum absolute atomic E-state index is 0.187. The second-order valence-electron chi connectivity index (χ2n) is 7.00. The average Bonchev–Trinajstić information content (AvgIpc) is 3.02. The van der Waals surface area contributed by atoms with Gasteiger partial charge in [-0.2, -0.15) is 0 Å². The van der Waals surface area contributed by atoms with E-state index in [1.54, 1.807) is 30.3 Å². The summed E-state index contributed by atoms with van der Waals surface area (Å²) in [6.45, 7) is 2.92. The number of hydrogen-bond acceptors (Lipinski definition) is 6. The summed E-state index contributed by atoms with van der Waals surface area (Å²) in [4.78, 5) is 31.2. The molecule has 0 saturated carbocycles. The molecule has 0 aliphatic carbocycles. The number of para-hydroxylation sites is 2. The van der Waals surface area contributed by atoms with Gasteiger partial charge in [-0.3, -0.25) is 14.5 Å². The molecule has 4 rings (SSSR count). The zero-order valence-electron chi connectivity index (χ0n) is 15.7. The zero-order valence-corrected chi connectivity index (χ0v) is 15.7. The van der Waals surface area contributed by atoms with Crippen molar-refractivity contribution < 1.29 is 19.4 Å². The predicted molar refractivity (Wildman–Crippen MR) is 106 cm³/mol. The van der Waals surface area contributed by atoms with Crippen molar-refractivity contribution in [3.8, 4) is 11.5 Å². The summed E-state index contributed by atoms with van der Waals surface area (Å²) in [7, 11) is 1.53. The molecule has 0 unspecified atom stereocenters. The topological polar surface area (TPSA) is 73.3 Å². The quantitative estimate of drug-likeness (QED) is 0.815. The molecule has 1 N–H and O–H groups in total. The number of phenols is 1. The molecule has 2 aliphatic rings. The van der Waals surface area contributed by atoms with Crippen LogP contribution in [0.5, 0.6) is 11.5 Å². The number of imide groups is 1. The van der Waals surface area contributed by atoms with Gasteiger partial charge in [0.2, 0.25) is 5.91 Å². The highest BCUT2D eigenvalue weighted by molar-refractivity contribution is 6.23. The van der Waals surface area contributed by atoms with Crippen LogP contribution in [0.4, 0.5) is 11.4 Å². The van der Waals surface area contributed by atoms with Gasteiger partial charge in [-0.05, 0) is 36.4 Å². The van der Waals surface area contributed by atoms with E-state index in [4.69, 9.17) is 4.74 Å². The predicted octanol–water partition coefficient (Wildman–Crippen LogP) is 1.85. The molecule has 2 aromatic carbocycles. The van der Waals surface area contributed by atoms with E-state index < -0.39 is 6.04 Å². The van der Waals surface area contributed by atoms with Gasteiger partial charge in [-0.15, -0.1) is 0 Å². The highest BCUT2D eigenvalue weighted by atomic mass is 16.5. The number of rotatable bonds is 4. The van der Waals surface area contributed by atoms with E-state index in [2.05, 4.69) is 9.80 Å². The summed E-state index contributed by atoms with van der Waals surface area (Å²) >= 11 is 0. The molecule has 0 bridgehead atoms. The van der Waals surface area contributed by atoms with Gasteiger partial charge in [0.1, 0.15) is 11.5 Å². The third-order valence-corrected chi connectivity index (χ3v) is 5.42. The fraction of sp³-hybridized carbons (Fsp3) is 0.333. The highest BCUT2D eigenvalue weighted by Crippen LogP contribution is 2.33. The molecule has 146 valence electrons. The van der Waals surface area contributed by atoms with Crippen molar-refractivity contribution in [2.75, 3.05) is 43.1 Å². The van der Waals surface area contributed by atoms with Gasteiger partial charge >= 0.3 is 0 Å². The summed E-state index contributed by atoms with van der Waals surface area (Å²) < 4.78 is 5.32. The largest absolute Gasteiger partial charge is 0.508 e. The van der Waals surface area contributed by atoms with E-state index in [1.165, 1.54) is 12.0 Å². The van der Waals surface area contributed by atoms with Gasteiger partial charge in [0.15, 0.2) is 0 Å². The number of aromatic hydroxyl groups is 1. The standard InChI is InChI=1S/C21H23N3O4/c1-28-19-5-3-2-4-17(19)24-20(26)14-18(21(24)27)23-12-10-22(11-13-23)15-6-8-16(25)9-7-15/h2-9,18,25H,10-14H2,1H3/t18-/m1/s1. The molecule has 2 fully saturated rings. The van der Waals surface area contributed by atoms with Gasteiger partial charge in [-0.25, -0.2) is 4.90 Å². The fourth-order valence-electron chi connectivity index (χ4n) is 3.92. The van der Waals surface area contributed by atoms with Crippen LogP contribution >= 0.6 is 0 Å². The number of phenolic OH excluding ortho intramolecular Hbond substituents is 1. The Morgan fingerprint density at radius 1 is 0.964 bits per heavy atom. The monoisotopic (exact) mass is 381 g/mol. The SMILES string of the molecule is COc1ccccc1N1C(=O)C[C@@H](N2CCN(c3ccc(O)cc3)CC2)C1=O. The number of ether oxygens (including phenoxy) is 1. The molecule has 0 radical (unpaired) electrons. The third-order valence-electron chi connectivity index (χ3n) is 5.42. The second kappa shape index (κ2) is 7.52. The maximum atomic E-state index is 13.0. The third kappa shape index (κ3) is 3.29. The lowest BCUT2D eigenvalue weighted by atomic mass is 10.1. The first-order valence-electron chi connectivity index (χ1n) is 9.36. The zero-order chi connectivity index (χ0) is 19.7. The number of methoxy groups -OCH3 is 1. The van der Waals surface area contributed by atoms with Crippen molar-refractivity contribution in [1.29, 1.82) is 0 Å². The molecule has 7 nitrogen and oxygen atoms in total. The lowest BCUT2D eigenvalue weighted by Gasteiger charge is -2.38. The van der Waals surface area contributed by atoms with Crippen LogP contribution in [-0.2, 0) is 9.59 Å². The second-order valence-corrected chi connectivity index (χ2v) is 7.00. The fourth-order valence-corrected chi connectivity index (χ4v) is 3.92. The first-order chi connectivity index (χ1) is 13.6. The van der Waals surface area contributed by atoms with Crippen LogP contribution in [0.3, 0.4) is 0 Å². The van der Waals surface area contributed by atoms with E-state index in [1.807, 2.05) is 18.2 Å². The van der Waals surface area contributed by atoms with Crippen molar-refractivity contribution in [3.05, 3.63) is 48.5 Å². The van der Waals surface area contributed by atoms with Crippen LogP contribution in [0.2, 0.25) is 0 Å². The molecule has 2 aromatic rings. The van der Waals surface area contributed by atoms with Gasteiger partial charge in [0, 0.05) is 31.9 Å². The number of amides is 2.